The Kier molecular flexibility index (Phi) is 4.96. The van der Waals surface area contributed by atoms with Gasteiger partial charge in [0.2, 0.25) is 5.91 Å². The Hall–Kier alpha value is -1.88. The lowest BCUT2D eigenvalue weighted by Gasteiger charge is -2.42. The van der Waals surface area contributed by atoms with Crippen LogP contribution in [0.2, 0.25) is 0 Å². The minimum absolute atomic E-state index is 0.0944. The largest absolute Gasteiger partial charge is 0.478 e. The van der Waals surface area contributed by atoms with E-state index in [1.54, 1.807) is 25.3 Å². The molecule has 2 rings (SSSR count). The fourth-order valence-electron chi connectivity index (χ4n) is 2.73. The number of hydrogen-bond acceptors (Lipinski definition) is 3. The molecule has 0 spiro atoms. The van der Waals surface area contributed by atoms with Gasteiger partial charge in [0.05, 0.1) is 12.0 Å². The lowest BCUT2D eigenvalue weighted by molar-refractivity contribution is -0.123. The van der Waals surface area contributed by atoms with Gasteiger partial charge in [0.1, 0.15) is 0 Å². The summed E-state index contributed by atoms with van der Waals surface area (Å²) < 4.78 is 5.09. The van der Waals surface area contributed by atoms with Crippen LogP contribution in [0.15, 0.2) is 24.3 Å². The van der Waals surface area contributed by atoms with Crippen LogP contribution in [0.25, 0.3) is 0 Å². The molecule has 1 aliphatic rings. The van der Waals surface area contributed by atoms with Gasteiger partial charge < -0.3 is 15.2 Å². The van der Waals surface area contributed by atoms with E-state index in [0.29, 0.717) is 12.2 Å². The van der Waals surface area contributed by atoms with E-state index in [0.717, 1.165) is 25.7 Å². The van der Waals surface area contributed by atoms with Crippen molar-refractivity contribution in [1.29, 1.82) is 0 Å². The van der Waals surface area contributed by atoms with E-state index < -0.39 is 5.97 Å². The summed E-state index contributed by atoms with van der Waals surface area (Å²) in [7, 11) is 1.65. The van der Waals surface area contributed by atoms with Gasteiger partial charge in [-0.15, -0.1) is 0 Å². The minimum Gasteiger partial charge on any atom is -0.478 e. The molecule has 1 amide bonds. The molecular formula is C16H21NO4. The highest BCUT2D eigenvalue weighted by Gasteiger charge is 2.37. The fraction of sp³-hybridized carbons (Fsp3) is 0.500. The van der Waals surface area contributed by atoms with E-state index in [2.05, 4.69) is 5.32 Å². The second-order valence-electron chi connectivity index (χ2n) is 5.56. The zero-order chi connectivity index (χ0) is 15.3. The van der Waals surface area contributed by atoms with Gasteiger partial charge in [0.25, 0.3) is 0 Å². The molecule has 1 saturated carbocycles. The van der Waals surface area contributed by atoms with Crippen molar-refractivity contribution in [3.63, 3.8) is 0 Å². The highest BCUT2D eigenvalue weighted by molar-refractivity contribution is 5.91. The Morgan fingerprint density at radius 1 is 1.33 bits per heavy atom. The second kappa shape index (κ2) is 6.72. The standard InChI is InChI=1S/C16H21NO4/c1-21-10-9-16(7-4-8-16)17-14(18)11-12-5-2-3-6-13(12)15(19)20/h2-3,5-6H,4,7-11H2,1H3,(H,17,18)(H,19,20). The van der Waals surface area contributed by atoms with Crippen molar-refractivity contribution in [3.05, 3.63) is 35.4 Å². The average molecular weight is 291 g/mol. The number of rotatable bonds is 7. The number of aromatic carboxylic acids is 1. The SMILES string of the molecule is COCCC1(NC(=O)Cc2ccccc2C(=O)O)CCC1. The fourth-order valence-corrected chi connectivity index (χ4v) is 2.73. The van der Waals surface area contributed by atoms with Gasteiger partial charge >= 0.3 is 5.97 Å². The number of benzene rings is 1. The van der Waals surface area contributed by atoms with Crippen LogP contribution in [0.4, 0.5) is 0 Å². The maximum atomic E-state index is 12.2. The van der Waals surface area contributed by atoms with E-state index in [4.69, 9.17) is 9.84 Å². The summed E-state index contributed by atoms with van der Waals surface area (Å²) in [6, 6.07) is 6.62. The quantitative estimate of drug-likeness (QED) is 0.805. The molecule has 5 heteroatoms. The molecule has 0 unspecified atom stereocenters. The van der Waals surface area contributed by atoms with Crippen molar-refractivity contribution < 1.29 is 19.4 Å². The number of carboxylic acids is 1. The van der Waals surface area contributed by atoms with E-state index in [1.807, 2.05) is 0 Å². The van der Waals surface area contributed by atoms with Crippen LogP contribution in [0.5, 0.6) is 0 Å². The minimum atomic E-state index is -1.00. The monoisotopic (exact) mass is 291 g/mol. The topological polar surface area (TPSA) is 75.6 Å². The zero-order valence-corrected chi connectivity index (χ0v) is 12.2. The third-order valence-electron chi connectivity index (χ3n) is 4.10. The molecule has 2 N–H and O–H groups in total. The van der Waals surface area contributed by atoms with Crippen molar-refractivity contribution in [2.45, 2.75) is 37.6 Å². The van der Waals surface area contributed by atoms with E-state index in [9.17, 15) is 9.59 Å². The van der Waals surface area contributed by atoms with Crippen molar-refractivity contribution in [3.8, 4) is 0 Å². The Morgan fingerprint density at radius 3 is 2.62 bits per heavy atom. The lowest BCUT2D eigenvalue weighted by atomic mass is 9.74. The molecule has 0 saturated heterocycles. The van der Waals surface area contributed by atoms with E-state index in [-0.39, 0.29) is 23.4 Å². The first-order valence-corrected chi connectivity index (χ1v) is 7.17. The maximum Gasteiger partial charge on any atom is 0.335 e. The van der Waals surface area contributed by atoms with Crippen molar-refractivity contribution in [2.24, 2.45) is 0 Å². The first kappa shape index (κ1) is 15.5. The number of methoxy groups -OCH3 is 1. The number of carbonyl (C=O) groups excluding carboxylic acids is 1. The Morgan fingerprint density at radius 2 is 2.05 bits per heavy atom. The molecule has 0 bridgehead atoms. The summed E-state index contributed by atoms with van der Waals surface area (Å²) in [6.07, 6.45) is 3.92. The third-order valence-corrected chi connectivity index (χ3v) is 4.10. The Balaban J connectivity index is 2.00. The van der Waals surface area contributed by atoms with E-state index >= 15 is 0 Å². The van der Waals surface area contributed by atoms with Crippen molar-refractivity contribution in [1.82, 2.24) is 5.32 Å². The molecule has 0 aliphatic heterocycles. The molecule has 0 aromatic heterocycles. The van der Waals surface area contributed by atoms with Crippen LogP contribution in [0.1, 0.15) is 41.6 Å². The average Bonchev–Trinajstić information content (AvgIpc) is 2.42. The first-order chi connectivity index (χ1) is 10.1. The number of nitrogens with one attached hydrogen (secondary N) is 1. The molecule has 1 fully saturated rings. The molecule has 0 atom stereocenters. The molecule has 5 nitrogen and oxygen atoms in total. The van der Waals surface area contributed by atoms with Gasteiger partial charge in [-0.1, -0.05) is 18.2 Å². The molecule has 114 valence electrons. The summed E-state index contributed by atoms with van der Waals surface area (Å²) in [5, 5.41) is 12.2. The molecule has 21 heavy (non-hydrogen) atoms. The predicted molar refractivity (Wildman–Crippen MR) is 78.3 cm³/mol. The van der Waals surface area contributed by atoms with Crippen LogP contribution in [0.3, 0.4) is 0 Å². The van der Waals surface area contributed by atoms with Gasteiger partial charge in [-0.2, -0.15) is 0 Å². The first-order valence-electron chi connectivity index (χ1n) is 7.17. The number of carboxylic acid groups (broad SMARTS) is 1. The summed E-state index contributed by atoms with van der Waals surface area (Å²) >= 11 is 0. The van der Waals surface area contributed by atoms with Crippen molar-refractivity contribution >= 4 is 11.9 Å². The number of hydrogen-bond donors (Lipinski definition) is 2. The van der Waals surface area contributed by atoms with Crippen molar-refractivity contribution in [2.75, 3.05) is 13.7 Å². The second-order valence-corrected chi connectivity index (χ2v) is 5.56. The molecule has 1 aromatic rings. The maximum absolute atomic E-state index is 12.2. The third kappa shape index (κ3) is 3.82. The summed E-state index contributed by atoms with van der Waals surface area (Å²) in [5.74, 6) is -1.13. The van der Waals surface area contributed by atoms with Crippen LogP contribution in [-0.4, -0.2) is 36.2 Å². The Bertz CT molecular complexity index is 523. The molecule has 0 heterocycles. The highest BCUT2D eigenvalue weighted by atomic mass is 16.5. The highest BCUT2D eigenvalue weighted by Crippen LogP contribution is 2.35. The normalized spacial score (nSPS) is 16.0. The molecule has 1 aromatic carbocycles. The van der Waals surface area contributed by atoms with Gasteiger partial charge in [0, 0.05) is 19.3 Å². The number of amides is 1. The van der Waals surface area contributed by atoms with Crippen LogP contribution < -0.4 is 5.32 Å². The summed E-state index contributed by atoms with van der Waals surface area (Å²) in [4.78, 5) is 23.4. The van der Waals surface area contributed by atoms with Crippen LogP contribution in [-0.2, 0) is 16.0 Å². The van der Waals surface area contributed by atoms with Gasteiger partial charge in [-0.3, -0.25) is 4.79 Å². The van der Waals surface area contributed by atoms with Gasteiger partial charge in [-0.25, -0.2) is 4.79 Å². The molecular weight excluding hydrogens is 270 g/mol. The molecule has 1 aliphatic carbocycles. The smallest absolute Gasteiger partial charge is 0.335 e. The predicted octanol–water partition coefficient (Wildman–Crippen LogP) is 2.00. The zero-order valence-electron chi connectivity index (χ0n) is 12.2. The van der Waals surface area contributed by atoms with Crippen LogP contribution >= 0.6 is 0 Å². The number of ether oxygens (including phenoxy) is 1. The van der Waals surface area contributed by atoms with Gasteiger partial charge in [0.15, 0.2) is 0 Å². The lowest BCUT2D eigenvalue weighted by Crippen LogP contribution is -2.54. The molecule has 0 radical (unpaired) electrons. The summed E-state index contributed by atoms with van der Waals surface area (Å²) in [6.45, 7) is 0.617. The van der Waals surface area contributed by atoms with Gasteiger partial charge in [-0.05, 0) is 37.3 Å². The Labute approximate surface area is 124 Å². The number of carbonyl (C=O) groups is 2. The summed E-state index contributed by atoms with van der Waals surface area (Å²) in [5.41, 5.74) is 0.571. The van der Waals surface area contributed by atoms with Crippen LogP contribution in [0, 0.1) is 0 Å². The van der Waals surface area contributed by atoms with E-state index in [1.165, 1.54) is 6.07 Å².